The average molecular weight is 257 g/mol. The molecule has 0 aromatic rings. The second kappa shape index (κ2) is 12.7. The molecule has 0 rings (SSSR count). The summed E-state index contributed by atoms with van der Waals surface area (Å²) in [6, 6.07) is 0. The highest BCUT2D eigenvalue weighted by Gasteiger charge is 2.13. The lowest BCUT2D eigenvalue weighted by molar-refractivity contribution is 0.0994. The maximum atomic E-state index is 11.9. The van der Waals surface area contributed by atoms with Crippen molar-refractivity contribution in [3.63, 3.8) is 0 Å². The third kappa shape index (κ3) is 9.32. The van der Waals surface area contributed by atoms with Crippen molar-refractivity contribution in [1.29, 1.82) is 0 Å². The number of amides is 1. The Kier molecular flexibility index (Phi) is 12.2. The number of nitrogens with zero attached hydrogens (tertiary/aromatic N) is 1. The van der Waals surface area contributed by atoms with Gasteiger partial charge in [0.1, 0.15) is 0 Å². The predicted molar refractivity (Wildman–Crippen MR) is 76.9 cm³/mol. The zero-order valence-corrected chi connectivity index (χ0v) is 12.5. The van der Waals surface area contributed by atoms with Gasteiger partial charge in [-0.2, -0.15) is 0 Å². The molecule has 0 aliphatic heterocycles. The lowest BCUT2D eigenvalue weighted by Gasteiger charge is -2.21. The van der Waals surface area contributed by atoms with Crippen LogP contribution in [0.4, 0.5) is 4.79 Å². The van der Waals surface area contributed by atoms with Crippen molar-refractivity contribution in [2.24, 2.45) is 0 Å². The van der Waals surface area contributed by atoms with E-state index in [1.807, 2.05) is 4.90 Å². The van der Waals surface area contributed by atoms with E-state index in [1.165, 1.54) is 12.8 Å². The van der Waals surface area contributed by atoms with Gasteiger partial charge in [-0.1, -0.05) is 52.9 Å². The van der Waals surface area contributed by atoms with E-state index in [4.69, 9.17) is 4.74 Å². The van der Waals surface area contributed by atoms with E-state index in [1.54, 1.807) is 0 Å². The van der Waals surface area contributed by atoms with Crippen LogP contribution < -0.4 is 0 Å². The largest absolute Gasteiger partial charge is 0.449 e. The monoisotopic (exact) mass is 257 g/mol. The third-order valence-electron chi connectivity index (χ3n) is 3.04. The molecule has 0 fully saturated rings. The van der Waals surface area contributed by atoms with E-state index in [0.717, 1.165) is 51.6 Å². The summed E-state index contributed by atoms with van der Waals surface area (Å²) in [6.45, 7) is 8.73. The van der Waals surface area contributed by atoms with Crippen LogP contribution in [0.2, 0.25) is 0 Å². The van der Waals surface area contributed by atoms with Gasteiger partial charge in [-0.25, -0.2) is 4.79 Å². The van der Waals surface area contributed by atoms with Gasteiger partial charge >= 0.3 is 6.09 Å². The van der Waals surface area contributed by atoms with Crippen LogP contribution in [0.15, 0.2) is 0 Å². The fraction of sp³-hybridized carbons (Fsp3) is 0.933. The minimum Gasteiger partial charge on any atom is -0.449 e. The van der Waals surface area contributed by atoms with Gasteiger partial charge in [0.2, 0.25) is 0 Å². The first kappa shape index (κ1) is 17.3. The Labute approximate surface area is 113 Å². The Bertz CT molecular complexity index is 187. The third-order valence-corrected chi connectivity index (χ3v) is 3.04. The lowest BCUT2D eigenvalue weighted by atomic mass is 10.2. The van der Waals surface area contributed by atoms with Gasteiger partial charge in [0.15, 0.2) is 0 Å². The van der Waals surface area contributed by atoms with Crippen LogP contribution in [0, 0.1) is 0 Å². The first-order valence-corrected chi connectivity index (χ1v) is 7.67. The van der Waals surface area contributed by atoms with Gasteiger partial charge in [0.05, 0.1) is 6.61 Å². The highest BCUT2D eigenvalue weighted by atomic mass is 16.6. The summed E-state index contributed by atoms with van der Waals surface area (Å²) in [5, 5.41) is 0. The molecule has 108 valence electrons. The molecule has 0 aromatic heterocycles. The van der Waals surface area contributed by atoms with E-state index < -0.39 is 0 Å². The number of hydrogen-bond donors (Lipinski definition) is 0. The molecule has 0 N–H and O–H groups in total. The maximum absolute atomic E-state index is 11.9. The minimum atomic E-state index is -0.117. The van der Waals surface area contributed by atoms with Gasteiger partial charge in [-0.05, 0) is 19.3 Å². The smallest absolute Gasteiger partial charge is 0.409 e. The van der Waals surface area contributed by atoms with E-state index in [2.05, 4.69) is 20.8 Å². The number of unbranched alkanes of at least 4 members (excludes halogenated alkanes) is 5. The Morgan fingerprint density at radius 2 is 1.39 bits per heavy atom. The highest BCUT2D eigenvalue weighted by molar-refractivity contribution is 5.67. The molecule has 1 amide bonds. The molecule has 3 heteroatoms. The van der Waals surface area contributed by atoms with Crippen molar-refractivity contribution in [3.05, 3.63) is 0 Å². The van der Waals surface area contributed by atoms with Crippen molar-refractivity contribution in [2.75, 3.05) is 19.7 Å². The van der Waals surface area contributed by atoms with Gasteiger partial charge < -0.3 is 9.64 Å². The molecular formula is C15H31NO2. The number of carbonyl (C=O) groups excluding carboxylic acids is 1. The molecule has 0 saturated carbocycles. The van der Waals surface area contributed by atoms with Crippen LogP contribution in [-0.2, 0) is 4.74 Å². The Balaban J connectivity index is 3.80. The summed E-state index contributed by atoms with van der Waals surface area (Å²) in [5.41, 5.74) is 0. The molecule has 0 bridgehead atoms. The van der Waals surface area contributed by atoms with Gasteiger partial charge in [-0.15, -0.1) is 0 Å². The van der Waals surface area contributed by atoms with Gasteiger partial charge in [0.25, 0.3) is 0 Å². The van der Waals surface area contributed by atoms with Crippen LogP contribution in [0.3, 0.4) is 0 Å². The fourth-order valence-electron chi connectivity index (χ4n) is 1.77. The maximum Gasteiger partial charge on any atom is 0.409 e. The Hall–Kier alpha value is -0.730. The van der Waals surface area contributed by atoms with Crippen LogP contribution in [0.5, 0.6) is 0 Å². The van der Waals surface area contributed by atoms with Crippen molar-refractivity contribution in [3.8, 4) is 0 Å². The molecule has 0 radical (unpaired) electrons. The van der Waals surface area contributed by atoms with Crippen LogP contribution in [0.1, 0.15) is 72.1 Å². The number of hydrogen-bond acceptors (Lipinski definition) is 2. The highest BCUT2D eigenvalue weighted by Crippen LogP contribution is 2.04. The van der Waals surface area contributed by atoms with E-state index in [9.17, 15) is 4.79 Å². The molecule has 0 aliphatic rings. The number of carbonyl (C=O) groups is 1. The molecule has 0 aromatic carbocycles. The first-order chi connectivity index (χ1) is 8.76. The second-order valence-electron chi connectivity index (χ2n) is 4.87. The zero-order valence-electron chi connectivity index (χ0n) is 12.5. The lowest BCUT2D eigenvalue weighted by Crippen LogP contribution is -2.33. The average Bonchev–Trinajstić information content (AvgIpc) is 2.38. The standard InChI is InChI=1S/C15H31NO2/c1-4-7-10-11-14-18-15(17)16(12-8-5-2)13-9-6-3/h4-14H2,1-3H3. The summed E-state index contributed by atoms with van der Waals surface area (Å²) in [6.07, 6.45) is 8.85. The summed E-state index contributed by atoms with van der Waals surface area (Å²) in [5.74, 6) is 0. The summed E-state index contributed by atoms with van der Waals surface area (Å²) >= 11 is 0. The molecule has 3 nitrogen and oxygen atoms in total. The Morgan fingerprint density at radius 1 is 0.833 bits per heavy atom. The quantitative estimate of drug-likeness (QED) is 0.506. The minimum absolute atomic E-state index is 0.117. The SMILES string of the molecule is CCCCCCOC(=O)N(CCCC)CCCC. The zero-order chi connectivity index (χ0) is 13.6. The normalized spacial score (nSPS) is 10.4. The topological polar surface area (TPSA) is 29.5 Å². The van der Waals surface area contributed by atoms with Crippen molar-refractivity contribution < 1.29 is 9.53 Å². The molecule has 0 unspecified atom stereocenters. The van der Waals surface area contributed by atoms with Crippen LogP contribution in [-0.4, -0.2) is 30.7 Å². The molecule has 0 spiro atoms. The first-order valence-electron chi connectivity index (χ1n) is 7.67. The molecule has 0 saturated heterocycles. The summed E-state index contributed by atoms with van der Waals surface area (Å²) in [4.78, 5) is 13.8. The number of ether oxygens (including phenoxy) is 1. The molecular weight excluding hydrogens is 226 g/mol. The van der Waals surface area contributed by atoms with Crippen LogP contribution in [0.25, 0.3) is 0 Å². The summed E-state index contributed by atoms with van der Waals surface area (Å²) in [7, 11) is 0. The van der Waals surface area contributed by atoms with Crippen molar-refractivity contribution in [1.82, 2.24) is 4.90 Å². The van der Waals surface area contributed by atoms with Gasteiger partial charge in [-0.3, -0.25) is 0 Å². The molecule has 0 heterocycles. The van der Waals surface area contributed by atoms with Crippen molar-refractivity contribution in [2.45, 2.75) is 72.1 Å². The molecule has 18 heavy (non-hydrogen) atoms. The molecule has 0 aliphatic carbocycles. The summed E-state index contributed by atoms with van der Waals surface area (Å²) < 4.78 is 5.33. The predicted octanol–water partition coefficient (Wildman–Crippen LogP) is 4.61. The molecule has 0 atom stereocenters. The van der Waals surface area contributed by atoms with Crippen LogP contribution >= 0.6 is 0 Å². The van der Waals surface area contributed by atoms with E-state index in [-0.39, 0.29) is 6.09 Å². The second-order valence-corrected chi connectivity index (χ2v) is 4.87. The van der Waals surface area contributed by atoms with Crippen molar-refractivity contribution >= 4 is 6.09 Å². The fourth-order valence-corrected chi connectivity index (χ4v) is 1.77. The van der Waals surface area contributed by atoms with E-state index in [0.29, 0.717) is 6.61 Å². The Morgan fingerprint density at radius 3 is 1.89 bits per heavy atom. The number of rotatable bonds is 11. The van der Waals surface area contributed by atoms with E-state index >= 15 is 0 Å². The van der Waals surface area contributed by atoms with Gasteiger partial charge in [0, 0.05) is 13.1 Å².